The van der Waals surface area contributed by atoms with Gasteiger partial charge in [-0.25, -0.2) is 4.79 Å². The minimum atomic E-state index is -5.08. The Kier molecular flexibility index (Phi) is 7.01. The molecular weight excluding hydrogens is 417 g/mol. The second kappa shape index (κ2) is 9.69. The Morgan fingerprint density at radius 3 is 2.52 bits per heavy atom. The van der Waals surface area contributed by atoms with Gasteiger partial charge in [-0.1, -0.05) is 42.5 Å². The molecule has 166 valence electrons. The van der Waals surface area contributed by atoms with Gasteiger partial charge in [0.15, 0.2) is 11.5 Å². The third kappa shape index (κ3) is 5.88. The summed E-state index contributed by atoms with van der Waals surface area (Å²) in [6.45, 7) is 0.953. The highest BCUT2D eigenvalue weighted by molar-refractivity contribution is 5.77. The van der Waals surface area contributed by atoms with Crippen molar-refractivity contribution in [3.05, 3.63) is 59.7 Å². The highest BCUT2D eigenvalue weighted by Gasteiger charge is 2.38. The van der Waals surface area contributed by atoms with Crippen molar-refractivity contribution in [2.45, 2.75) is 37.6 Å². The predicted molar refractivity (Wildman–Crippen MR) is 103 cm³/mol. The Morgan fingerprint density at radius 2 is 1.84 bits per heavy atom. The van der Waals surface area contributed by atoms with Gasteiger partial charge in [-0.05, 0) is 18.1 Å². The van der Waals surface area contributed by atoms with Crippen molar-refractivity contribution in [3.8, 4) is 11.5 Å². The first-order valence-corrected chi connectivity index (χ1v) is 9.51. The van der Waals surface area contributed by atoms with E-state index in [-0.39, 0.29) is 24.8 Å². The number of fused-ring (bicyclic) bond motifs is 1. The molecule has 0 aromatic heterocycles. The maximum Gasteiger partial charge on any atom is 0.490 e. The molecule has 0 aliphatic carbocycles. The van der Waals surface area contributed by atoms with E-state index in [0.717, 1.165) is 29.0 Å². The molecule has 0 saturated carbocycles. The first-order chi connectivity index (χ1) is 14.8. The average molecular weight is 438 g/mol. The summed E-state index contributed by atoms with van der Waals surface area (Å²) in [6, 6.07) is 16.2. The van der Waals surface area contributed by atoms with E-state index in [1.807, 2.05) is 36.4 Å². The van der Waals surface area contributed by atoms with E-state index in [2.05, 4.69) is 22.8 Å². The molecule has 0 bridgehead atoms. The molecule has 2 heterocycles. The lowest BCUT2D eigenvalue weighted by atomic mass is 9.91. The quantitative estimate of drug-likeness (QED) is 0.679. The minimum absolute atomic E-state index is 0.0126. The van der Waals surface area contributed by atoms with E-state index in [9.17, 15) is 18.0 Å². The summed E-state index contributed by atoms with van der Waals surface area (Å²) < 4.78 is 42.7. The number of halogens is 3. The van der Waals surface area contributed by atoms with Crippen LogP contribution in [0.3, 0.4) is 0 Å². The summed E-state index contributed by atoms with van der Waals surface area (Å²) in [7, 11) is 0. The number of piperidine rings is 1. The Hall–Kier alpha value is -3.27. The molecule has 2 aromatic carbocycles. The first kappa shape index (κ1) is 22.4. The van der Waals surface area contributed by atoms with Crippen molar-refractivity contribution in [1.29, 1.82) is 0 Å². The third-order valence-corrected chi connectivity index (χ3v) is 4.84. The maximum atomic E-state index is 11.8. The molecule has 2 aliphatic rings. The largest absolute Gasteiger partial charge is 0.490 e. The molecule has 3 N–H and O–H groups in total. The number of aliphatic carboxylic acids is 1. The molecule has 7 nitrogen and oxygen atoms in total. The molecule has 10 heteroatoms. The number of carboxylic acids is 1. The lowest BCUT2D eigenvalue weighted by Crippen LogP contribution is -2.48. The van der Waals surface area contributed by atoms with Crippen LogP contribution in [-0.4, -0.2) is 36.0 Å². The van der Waals surface area contributed by atoms with Crippen molar-refractivity contribution < 1.29 is 37.3 Å². The molecular formula is C21H21F3N2O5. The molecule has 2 aromatic rings. The van der Waals surface area contributed by atoms with Crippen LogP contribution in [0.2, 0.25) is 0 Å². The van der Waals surface area contributed by atoms with Crippen LogP contribution in [0.15, 0.2) is 48.5 Å². The summed E-state index contributed by atoms with van der Waals surface area (Å²) >= 11 is 0. The molecule has 1 fully saturated rings. The van der Waals surface area contributed by atoms with E-state index in [0.29, 0.717) is 13.0 Å². The molecule has 4 rings (SSSR count). The fraction of sp³-hybridized carbons (Fsp3) is 0.333. The van der Waals surface area contributed by atoms with Crippen molar-refractivity contribution in [2.75, 3.05) is 6.79 Å². The van der Waals surface area contributed by atoms with Gasteiger partial charge < -0.3 is 25.2 Å². The predicted octanol–water partition coefficient (Wildman–Crippen LogP) is 3.16. The molecule has 0 radical (unpaired) electrons. The standard InChI is InChI=1S/C19H20N2O3.C2HF3O2/c22-17-10-9-15(18(21-17)13-5-2-1-3-6-13)20-11-14-7-4-8-16-19(14)24-12-23-16;3-2(4,5)1(6)7/h1-8,15,18,20H,9-12H2,(H,21,22);(H,6,7)/t15-,18+;/m1./s1. The van der Waals surface area contributed by atoms with Gasteiger partial charge in [0.1, 0.15) is 0 Å². The number of nitrogens with one attached hydrogen (secondary N) is 2. The lowest BCUT2D eigenvalue weighted by molar-refractivity contribution is -0.192. The molecule has 2 atom stereocenters. The van der Waals surface area contributed by atoms with E-state index in [1.165, 1.54) is 0 Å². The maximum absolute atomic E-state index is 11.8. The number of hydrogen-bond donors (Lipinski definition) is 3. The molecule has 0 spiro atoms. The van der Waals surface area contributed by atoms with Crippen molar-refractivity contribution in [2.24, 2.45) is 0 Å². The monoisotopic (exact) mass is 438 g/mol. The Morgan fingerprint density at radius 1 is 1.13 bits per heavy atom. The van der Waals surface area contributed by atoms with Crippen LogP contribution in [0, 0.1) is 0 Å². The number of rotatable bonds is 4. The van der Waals surface area contributed by atoms with Gasteiger partial charge in [0.2, 0.25) is 12.7 Å². The van der Waals surface area contributed by atoms with Gasteiger partial charge in [0.25, 0.3) is 0 Å². The van der Waals surface area contributed by atoms with Gasteiger partial charge >= 0.3 is 12.1 Å². The number of hydrogen-bond acceptors (Lipinski definition) is 5. The van der Waals surface area contributed by atoms with Gasteiger partial charge in [-0.2, -0.15) is 13.2 Å². The molecule has 31 heavy (non-hydrogen) atoms. The van der Waals surface area contributed by atoms with E-state index >= 15 is 0 Å². The van der Waals surface area contributed by atoms with Crippen LogP contribution in [0.25, 0.3) is 0 Å². The van der Waals surface area contributed by atoms with Crippen LogP contribution in [0.5, 0.6) is 11.5 Å². The fourth-order valence-electron chi connectivity index (χ4n) is 3.37. The summed E-state index contributed by atoms with van der Waals surface area (Å²) in [5, 5.41) is 13.8. The zero-order valence-corrected chi connectivity index (χ0v) is 16.3. The number of carboxylic acid groups (broad SMARTS) is 1. The van der Waals surface area contributed by atoms with Crippen LogP contribution in [-0.2, 0) is 16.1 Å². The number of para-hydroxylation sites is 1. The summed E-state index contributed by atoms with van der Waals surface area (Å²) in [5.41, 5.74) is 2.20. The number of amides is 1. The zero-order chi connectivity index (χ0) is 22.4. The van der Waals surface area contributed by atoms with Crippen LogP contribution in [0.4, 0.5) is 13.2 Å². The molecule has 0 unspecified atom stereocenters. The number of carbonyl (C=O) groups is 2. The number of carbonyl (C=O) groups excluding carboxylic acids is 1. The lowest BCUT2D eigenvalue weighted by Gasteiger charge is -2.33. The summed E-state index contributed by atoms with van der Waals surface area (Å²) in [6.07, 6.45) is -3.72. The normalized spacial score (nSPS) is 19.8. The Balaban J connectivity index is 0.000000339. The number of benzene rings is 2. The second-order valence-corrected chi connectivity index (χ2v) is 6.94. The Labute approximate surface area is 176 Å². The topological polar surface area (TPSA) is 96.9 Å². The SMILES string of the molecule is O=C(O)C(F)(F)F.O=C1CC[C@@H](NCc2cccc3c2OCO3)[C@H](c2ccccc2)N1. The van der Waals surface area contributed by atoms with E-state index in [4.69, 9.17) is 19.4 Å². The van der Waals surface area contributed by atoms with Gasteiger partial charge in [0, 0.05) is 24.6 Å². The first-order valence-electron chi connectivity index (χ1n) is 9.51. The molecule has 1 amide bonds. The molecule has 1 saturated heterocycles. The van der Waals surface area contributed by atoms with Crippen molar-refractivity contribution >= 4 is 11.9 Å². The molecule has 2 aliphatic heterocycles. The van der Waals surface area contributed by atoms with Crippen LogP contribution < -0.4 is 20.1 Å². The number of ether oxygens (including phenoxy) is 2. The van der Waals surface area contributed by atoms with Gasteiger partial charge in [-0.15, -0.1) is 0 Å². The highest BCUT2D eigenvalue weighted by Crippen LogP contribution is 2.35. The van der Waals surface area contributed by atoms with Crippen LogP contribution >= 0.6 is 0 Å². The Bertz CT molecular complexity index is 921. The summed E-state index contributed by atoms with van der Waals surface area (Å²) in [5.74, 6) is -1.03. The smallest absolute Gasteiger partial charge is 0.475 e. The van der Waals surface area contributed by atoms with Gasteiger partial charge in [0.05, 0.1) is 6.04 Å². The highest BCUT2D eigenvalue weighted by atomic mass is 19.4. The minimum Gasteiger partial charge on any atom is -0.475 e. The fourth-order valence-corrected chi connectivity index (χ4v) is 3.37. The average Bonchev–Trinajstić information content (AvgIpc) is 3.23. The third-order valence-electron chi connectivity index (χ3n) is 4.84. The van der Waals surface area contributed by atoms with E-state index < -0.39 is 12.1 Å². The number of alkyl halides is 3. The van der Waals surface area contributed by atoms with Crippen LogP contribution in [0.1, 0.15) is 30.0 Å². The van der Waals surface area contributed by atoms with Crippen molar-refractivity contribution in [1.82, 2.24) is 10.6 Å². The van der Waals surface area contributed by atoms with E-state index in [1.54, 1.807) is 0 Å². The zero-order valence-electron chi connectivity index (χ0n) is 16.3. The summed E-state index contributed by atoms with van der Waals surface area (Å²) in [4.78, 5) is 20.7. The second-order valence-electron chi connectivity index (χ2n) is 6.94. The van der Waals surface area contributed by atoms with Crippen molar-refractivity contribution in [3.63, 3.8) is 0 Å². The van der Waals surface area contributed by atoms with Gasteiger partial charge in [-0.3, -0.25) is 4.79 Å².